The number of nitrogens with one attached hydrogen (secondary N) is 2. The van der Waals surface area contributed by atoms with E-state index in [1.54, 1.807) is 0 Å². The topological polar surface area (TPSA) is 76.0 Å². The molecule has 3 rings (SSSR count). The molecule has 6 heteroatoms. The molecule has 0 saturated carbocycles. The van der Waals surface area contributed by atoms with E-state index in [2.05, 4.69) is 22.5 Å². The van der Waals surface area contributed by atoms with Crippen LogP contribution in [0.15, 0.2) is 24.3 Å². The Hall–Kier alpha value is -2.63. The third-order valence-corrected chi connectivity index (χ3v) is 4.58. The first-order valence-corrected chi connectivity index (χ1v) is 9.30. The quantitative estimate of drug-likeness (QED) is 0.866. The summed E-state index contributed by atoms with van der Waals surface area (Å²) in [7, 11) is 0. The fourth-order valence-corrected chi connectivity index (χ4v) is 3.24. The lowest BCUT2D eigenvalue weighted by atomic mass is 10.1. The Labute approximate surface area is 154 Å². The minimum Gasteiger partial charge on any atom is -0.347 e. The van der Waals surface area contributed by atoms with E-state index in [1.807, 2.05) is 42.7 Å². The van der Waals surface area contributed by atoms with Gasteiger partial charge in [0.2, 0.25) is 0 Å². The Morgan fingerprint density at radius 1 is 1.15 bits per heavy atom. The van der Waals surface area contributed by atoms with Crippen LogP contribution in [-0.4, -0.2) is 27.4 Å². The van der Waals surface area contributed by atoms with Gasteiger partial charge in [0.15, 0.2) is 11.5 Å². The number of carbonyl (C=O) groups excluding carboxylic acids is 2. The second kappa shape index (κ2) is 7.72. The van der Waals surface area contributed by atoms with E-state index in [0.717, 1.165) is 43.6 Å². The highest BCUT2D eigenvalue weighted by Crippen LogP contribution is 2.22. The Balaban J connectivity index is 1.87. The Kier molecular flexibility index (Phi) is 5.40. The van der Waals surface area contributed by atoms with Gasteiger partial charge in [0.1, 0.15) is 0 Å². The average molecular weight is 354 g/mol. The Bertz CT molecular complexity index is 806. The van der Waals surface area contributed by atoms with E-state index < -0.39 is 0 Å². The molecular weight excluding hydrogens is 328 g/mol. The van der Waals surface area contributed by atoms with Crippen LogP contribution in [0.1, 0.15) is 66.0 Å². The number of amides is 2. The molecule has 0 radical (unpaired) electrons. The molecular formula is C20H26N4O2. The SMILES string of the molecule is CCc1ccc(NC(=O)c2nc(C(=O)NC(C)C)n3c2CCCC3)cc1. The molecule has 0 fully saturated rings. The fourth-order valence-electron chi connectivity index (χ4n) is 3.24. The summed E-state index contributed by atoms with van der Waals surface area (Å²) < 4.78 is 1.90. The zero-order valence-corrected chi connectivity index (χ0v) is 15.6. The summed E-state index contributed by atoms with van der Waals surface area (Å²) >= 11 is 0. The molecule has 1 aromatic heterocycles. The van der Waals surface area contributed by atoms with Crippen molar-refractivity contribution >= 4 is 17.5 Å². The number of hydrogen-bond acceptors (Lipinski definition) is 3. The Morgan fingerprint density at radius 3 is 2.54 bits per heavy atom. The molecule has 138 valence electrons. The fraction of sp³-hybridized carbons (Fsp3) is 0.450. The maximum Gasteiger partial charge on any atom is 0.287 e. The third kappa shape index (κ3) is 3.79. The van der Waals surface area contributed by atoms with Crippen LogP contribution in [0, 0.1) is 0 Å². The van der Waals surface area contributed by atoms with Gasteiger partial charge in [0.05, 0.1) is 5.69 Å². The van der Waals surface area contributed by atoms with Crippen molar-refractivity contribution in [2.45, 2.75) is 59.0 Å². The van der Waals surface area contributed by atoms with E-state index in [-0.39, 0.29) is 17.9 Å². The van der Waals surface area contributed by atoms with Crippen molar-refractivity contribution in [1.82, 2.24) is 14.9 Å². The van der Waals surface area contributed by atoms with Gasteiger partial charge < -0.3 is 15.2 Å². The van der Waals surface area contributed by atoms with Gasteiger partial charge in [-0.05, 0) is 57.2 Å². The predicted molar refractivity (Wildman–Crippen MR) is 102 cm³/mol. The number of aryl methyl sites for hydroxylation is 1. The van der Waals surface area contributed by atoms with Crippen LogP contribution in [0.25, 0.3) is 0 Å². The highest BCUT2D eigenvalue weighted by atomic mass is 16.2. The molecule has 1 aliphatic heterocycles. The van der Waals surface area contributed by atoms with Crippen LogP contribution in [0.3, 0.4) is 0 Å². The molecule has 26 heavy (non-hydrogen) atoms. The number of nitrogens with zero attached hydrogens (tertiary/aromatic N) is 2. The molecule has 1 aromatic carbocycles. The van der Waals surface area contributed by atoms with Crippen LogP contribution in [0.4, 0.5) is 5.69 Å². The monoisotopic (exact) mass is 354 g/mol. The van der Waals surface area contributed by atoms with E-state index in [4.69, 9.17) is 0 Å². The summed E-state index contributed by atoms with van der Waals surface area (Å²) in [5.74, 6) is -0.155. The summed E-state index contributed by atoms with van der Waals surface area (Å²) in [5, 5.41) is 5.78. The van der Waals surface area contributed by atoms with E-state index in [9.17, 15) is 9.59 Å². The van der Waals surface area contributed by atoms with Gasteiger partial charge in [0.25, 0.3) is 11.8 Å². The smallest absolute Gasteiger partial charge is 0.287 e. The maximum atomic E-state index is 12.8. The molecule has 0 spiro atoms. The molecule has 0 aliphatic carbocycles. The number of hydrogen-bond donors (Lipinski definition) is 2. The Morgan fingerprint density at radius 2 is 1.88 bits per heavy atom. The average Bonchev–Trinajstić information content (AvgIpc) is 3.02. The van der Waals surface area contributed by atoms with Crippen molar-refractivity contribution in [2.24, 2.45) is 0 Å². The normalized spacial score (nSPS) is 13.4. The third-order valence-electron chi connectivity index (χ3n) is 4.58. The predicted octanol–water partition coefficient (Wildman–Crippen LogP) is 3.17. The van der Waals surface area contributed by atoms with Crippen LogP contribution >= 0.6 is 0 Å². The van der Waals surface area contributed by atoms with Crippen LogP contribution in [0.2, 0.25) is 0 Å². The molecule has 2 heterocycles. The number of anilines is 1. The van der Waals surface area contributed by atoms with Gasteiger partial charge >= 0.3 is 0 Å². The number of imidazole rings is 1. The minimum absolute atomic E-state index is 0.0217. The maximum absolute atomic E-state index is 12.8. The van der Waals surface area contributed by atoms with Crippen molar-refractivity contribution < 1.29 is 9.59 Å². The van der Waals surface area contributed by atoms with Crippen molar-refractivity contribution in [1.29, 1.82) is 0 Å². The number of fused-ring (bicyclic) bond motifs is 1. The lowest BCUT2D eigenvalue weighted by molar-refractivity contribution is 0.0927. The number of rotatable bonds is 5. The van der Waals surface area contributed by atoms with E-state index in [0.29, 0.717) is 11.5 Å². The molecule has 0 saturated heterocycles. The van der Waals surface area contributed by atoms with Crippen LogP contribution in [0.5, 0.6) is 0 Å². The zero-order valence-electron chi connectivity index (χ0n) is 15.6. The molecule has 1 aliphatic rings. The largest absolute Gasteiger partial charge is 0.347 e. The van der Waals surface area contributed by atoms with Gasteiger partial charge in [-0.3, -0.25) is 9.59 Å². The lowest BCUT2D eigenvalue weighted by Crippen LogP contribution is -2.33. The molecule has 2 aromatic rings. The van der Waals surface area contributed by atoms with Crippen molar-refractivity contribution in [3.05, 3.63) is 47.0 Å². The lowest BCUT2D eigenvalue weighted by Gasteiger charge is -2.17. The first-order chi connectivity index (χ1) is 12.5. The molecule has 0 unspecified atom stereocenters. The van der Waals surface area contributed by atoms with E-state index in [1.165, 1.54) is 5.56 Å². The van der Waals surface area contributed by atoms with Gasteiger partial charge in [-0.25, -0.2) is 4.98 Å². The zero-order chi connectivity index (χ0) is 18.7. The summed E-state index contributed by atoms with van der Waals surface area (Å²) in [6.07, 6.45) is 3.71. The van der Waals surface area contributed by atoms with Gasteiger partial charge in [0, 0.05) is 18.3 Å². The number of aromatic nitrogens is 2. The van der Waals surface area contributed by atoms with Crippen LogP contribution < -0.4 is 10.6 Å². The standard InChI is InChI=1S/C20H26N4O2/c1-4-14-8-10-15(11-9-14)22-19(25)17-16-7-5-6-12-24(16)18(23-17)20(26)21-13(2)3/h8-11,13H,4-7,12H2,1-3H3,(H,21,26)(H,22,25). The van der Waals surface area contributed by atoms with Crippen molar-refractivity contribution in [3.8, 4) is 0 Å². The molecule has 2 amide bonds. The van der Waals surface area contributed by atoms with Gasteiger partial charge in [-0.2, -0.15) is 0 Å². The van der Waals surface area contributed by atoms with Crippen LogP contribution in [-0.2, 0) is 19.4 Å². The molecule has 6 nitrogen and oxygen atoms in total. The first-order valence-electron chi connectivity index (χ1n) is 9.30. The number of carbonyl (C=O) groups is 2. The summed E-state index contributed by atoms with van der Waals surface area (Å²) in [5.41, 5.74) is 3.17. The summed E-state index contributed by atoms with van der Waals surface area (Å²) in [4.78, 5) is 29.7. The molecule has 2 N–H and O–H groups in total. The minimum atomic E-state index is -0.261. The molecule has 0 atom stereocenters. The van der Waals surface area contributed by atoms with Gasteiger partial charge in [-0.1, -0.05) is 19.1 Å². The van der Waals surface area contributed by atoms with Gasteiger partial charge in [-0.15, -0.1) is 0 Å². The first kappa shape index (κ1) is 18.2. The van der Waals surface area contributed by atoms with Crippen molar-refractivity contribution in [2.75, 3.05) is 5.32 Å². The number of benzene rings is 1. The summed E-state index contributed by atoms with van der Waals surface area (Å²) in [6, 6.07) is 7.81. The highest BCUT2D eigenvalue weighted by molar-refractivity contribution is 6.05. The second-order valence-corrected chi connectivity index (χ2v) is 6.97. The van der Waals surface area contributed by atoms with E-state index >= 15 is 0 Å². The highest BCUT2D eigenvalue weighted by Gasteiger charge is 2.27. The summed E-state index contributed by atoms with van der Waals surface area (Å²) in [6.45, 7) is 6.63. The second-order valence-electron chi connectivity index (χ2n) is 6.97. The molecule has 0 bridgehead atoms. The van der Waals surface area contributed by atoms with Crippen molar-refractivity contribution in [3.63, 3.8) is 0 Å².